The van der Waals surface area contributed by atoms with E-state index in [1.807, 2.05) is 0 Å². The normalized spacial score (nSPS) is 12.2. The third kappa shape index (κ3) is 3.94. The lowest BCUT2D eigenvalue weighted by Crippen LogP contribution is -2.24. The minimum Gasteiger partial charge on any atom is -0.258 e. The van der Waals surface area contributed by atoms with Crippen molar-refractivity contribution in [3.63, 3.8) is 0 Å². The van der Waals surface area contributed by atoms with Gasteiger partial charge < -0.3 is 0 Å². The van der Waals surface area contributed by atoms with E-state index in [0.29, 0.717) is 11.6 Å². The van der Waals surface area contributed by atoms with Crippen LogP contribution < -0.4 is 4.72 Å². The first kappa shape index (κ1) is 19.7. The number of hydrogen-bond donors (Lipinski definition) is 1. The fourth-order valence-corrected chi connectivity index (χ4v) is 3.67. The Morgan fingerprint density at radius 3 is 2.54 bits per heavy atom. The average molecular weight is 411 g/mol. The molecule has 0 saturated carbocycles. The van der Waals surface area contributed by atoms with Gasteiger partial charge in [-0.05, 0) is 42.0 Å². The van der Waals surface area contributed by atoms with Gasteiger partial charge in [-0.2, -0.15) is 13.2 Å². The van der Waals surface area contributed by atoms with E-state index in [-0.39, 0.29) is 23.1 Å². The van der Waals surface area contributed by atoms with Crippen LogP contribution in [-0.4, -0.2) is 18.3 Å². The Balaban J connectivity index is 1.92. The highest BCUT2D eigenvalue weighted by Crippen LogP contribution is 2.31. The number of pyridine rings is 1. The molecular weight excluding hydrogens is 399 g/mol. The third-order valence-electron chi connectivity index (χ3n) is 3.95. The highest BCUT2D eigenvalue weighted by molar-refractivity contribution is 7.89. The number of non-ortho nitro benzene ring substituents is 1. The first-order valence-electron chi connectivity index (χ1n) is 7.77. The number of fused-ring (bicyclic) bond motifs is 1. The maximum Gasteiger partial charge on any atom is 0.416 e. The zero-order valence-corrected chi connectivity index (χ0v) is 14.8. The summed E-state index contributed by atoms with van der Waals surface area (Å²) in [6.07, 6.45) is -3.28. The number of benzene rings is 2. The monoisotopic (exact) mass is 411 g/mol. The van der Waals surface area contributed by atoms with Crippen LogP contribution in [0.3, 0.4) is 0 Å². The summed E-state index contributed by atoms with van der Waals surface area (Å²) in [5.41, 5.74) is -0.703. The van der Waals surface area contributed by atoms with Crippen LogP contribution in [0.5, 0.6) is 0 Å². The quantitative estimate of drug-likeness (QED) is 0.510. The fourth-order valence-electron chi connectivity index (χ4n) is 2.61. The summed E-state index contributed by atoms with van der Waals surface area (Å²) in [7, 11) is -4.25. The lowest BCUT2D eigenvalue weighted by atomic mass is 10.1. The van der Waals surface area contributed by atoms with Gasteiger partial charge in [-0.15, -0.1) is 0 Å². The van der Waals surface area contributed by atoms with Crippen molar-refractivity contribution in [2.45, 2.75) is 17.6 Å². The minimum atomic E-state index is -4.68. The van der Waals surface area contributed by atoms with Gasteiger partial charge in [-0.1, -0.05) is 6.07 Å². The van der Waals surface area contributed by atoms with Crippen molar-refractivity contribution >= 4 is 26.6 Å². The van der Waals surface area contributed by atoms with E-state index in [1.54, 1.807) is 0 Å². The average Bonchev–Trinajstić information content (AvgIpc) is 2.65. The molecule has 146 valence electrons. The van der Waals surface area contributed by atoms with Crippen LogP contribution >= 0.6 is 0 Å². The molecule has 0 fully saturated rings. The number of rotatable bonds is 5. The topological polar surface area (TPSA) is 102 Å². The molecule has 2 aromatic carbocycles. The number of nitrogens with one attached hydrogen (secondary N) is 1. The van der Waals surface area contributed by atoms with Gasteiger partial charge in [-0.25, -0.2) is 13.1 Å². The summed E-state index contributed by atoms with van der Waals surface area (Å²) in [6, 6.07) is 8.91. The van der Waals surface area contributed by atoms with Gasteiger partial charge in [0.2, 0.25) is 10.0 Å². The highest BCUT2D eigenvalue weighted by Gasteiger charge is 2.31. The zero-order chi connectivity index (χ0) is 20.5. The van der Waals surface area contributed by atoms with Crippen molar-refractivity contribution in [3.05, 3.63) is 76.0 Å². The number of hydrogen-bond acceptors (Lipinski definition) is 5. The van der Waals surface area contributed by atoms with Gasteiger partial charge in [0.15, 0.2) is 0 Å². The van der Waals surface area contributed by atoms with Crippen LogP contribution in [0.1, 0.15) is 11.1 Å². The van der Waals surface area contributed by atoms with Crippen LogP contribution in [0.2, 0.25) is 0 Å². The smallest absolute Gasteiger partial charge is 0.258 e. The first-order chi connectivity index (χ1) is 13.1. The number of nitrogens with zero attached hydrogens (tertiary/aromatic N) is 2. The summed E-state index contributed by atoms with van der Waals surface area (Å²) in [6.45, 7) is -0.302. The van der Waals surface area contributed by atoms with E-state index in [2.05, 4.69) is 9.71 Å². The maximum atomic E-state index is 12.8. The Hall–Kier alpha value is -3.05. The van der Waals surface area contributed by atoms with Gasteiger partial charge in [-0.3, -0.25) is 15.1 Å². The Kier molecular flexibility index (Phi) is 5.04. The number of aromatic nitrogens is 1. The molecule has 1 N–H and O–H groups in total. The van der Waals surface area contributed by atoms with Gasteiger partial charge in [0.25, 0.3) is 5.69 Å². The van der Waals surface area contributed by atoms with Crippen molar-refractivity contribution < 1.29 is 26.5 Å². The number of sulfonamides is 1. The molecular formula is C17H12F3N3O4S. The van der Waals surface area contributed by atoms with E-state index in [1.165, 1.54) is 30.5 Å². The summed E-state index contributed by atoms with van der Waals surface area (Å²) in [5, 5.41) is 11.3. The van der Waals surface area contributed by atoms with Crippen LogP contribution in [0, 0.1) is 10.1 Å². The second-order valence-electron chi connectivity index (χ2n) is 5.75. The number of alkyl halides is 3. The van der Waals surface area contributed by atoms with Crippen LogP contribution in [0.4, 0.5) is 18.9 Å². The predicted molar refractivity (Wildman–Crippen MR) is 93.9 cm³/mol. The molecule has 0 unspecified atom stereocenters. The maximum absolute atomic E-state index is 12.8. The fraction of sp³-hybridized carbons (Fsp3) is 0.118. The number of nitro groups is 1. The summed E-state index contributed by atoms with van der Waals surface area (Å²) >= 11 is 0. The van der Waals surface area contributed by atoms with Gasteiger partial charge in [0, 0.05) is 18.8 Å². The largest absolute Gasteiger partial charge is 0.416 e. The molecule has 3 rings (SSSR count). The van der Waals surface area contributed by atoms with Gasteiger partial charge in [0.05, 0.1) is 26.3 Å². The lowest BCUT2D eigenvalue weighted by molar-refractivity contribution is -0.383. The van der Waals surface area contributed by atoms with Crippen molar-refractivity contribution in [1.82, 2.24) is 9.71 Å². The molecule has 1 aromatic heterocycles. The Morgan fingerprint density at radius 1 is 1.11 bits per heavy atom. The van der Waals surface area contributed by atoms with Crippen molar-refractivity contribution in [2.24, 2.45) is 0 Å². The minimum absolute atomic E-state index is 0.187. The van der Waals surface area contributed by atoms with E-state index in [4.69, 9.17) is 0 Å². The summed E-state index contributed by atoms with van der Waals surface area (Å²) < 4.78 is 65.4. The SMILES string of the molecule is O=[N+]([O-])c1ccc(CNS(=O)(=O)c2cccc(C(F)(F)F)c2)c2ncccc12. The molecule has 0 radical (unpaired) electrons. The predicted octanol–water partition coefficient (Wildman–Crippen LogP) is 3.64. The molecule has 0 bridgehead atoms. The van der Waals surface area contributed by atoms with Crippen LogP contribution in [0.15, 0.2) is 59.6 Å². The second kappa shape index (κ2) is 7.17. The lowest BCUT2D eigenvalue weighted by Gasteiger charge is -2.11. The van der Waals surface area contributed by atoms with E-state index in [0.717, 1.165) is 18.2 Å². The van der Waals surface area contributed by atoms with Crippen molar-refractivity contribution in [2.75, 3.05) is 0 Å². The van der Waals surface area contributed by atoms with E-state index < -0.39 is 31.6 Å². The summed E-state index contributed by atoms with van der Waals surface area (Å²) in [4.78, 5) is 14.0. The summed E-state index contributed by atoms with van der Waals surface area (Å²) in [5.74, 6) is 0. The molecule has 0 amide bonds. The molecule has 7 nitrogen and oxygen atoms in total. The van der Waals surface area contributed by atoms with Crippen LogP contribution in [-0.2, 0) is 22.7 Å². The standard InChI is InChI=1S/C17H12F3N3O4S/c18-17(19,20)12-3-1-4-13(9-12)28(26,27)22-10-11-6-7-15(23(24)25)14-5-2-8-21-16(11)14/h1-9,22H,10H2. The van der Waals surface area contributed by atoms with E-state index in [9.17, 15) is 31.7 Å². The second-order valence-corrected chi connectivity index (χ2v) is 7.52. The Labute approximate surface area is 157 Å². The number of halogens is 3. The number of nitro benzene ring substituents is 1. The molecule has 28 heavy (non-hydrogen) atoms. The molecule has 0 aliphatic heterocycles. The van der Waals surface area contributed by atoms with Gasteiger partial charge >= 0.3 is 6.18 Å². The molecule has 11 heteroatoms. The third-order valence-corrected chi connectivity index (χ3v) is 5.35. The zero-order valence-electron chi connectivity index (χ0n) is 14.0. The van der Waals surface area contributed by atoms with Gasteiger partial charge in [0.1, 0.15) is 0 Å². The Morgan fingerprint density at radius 2 is 1.86 bits per heavy atom. The molecule has 3 aromatic rings. The Bertz CT molecular complexity index is 1160. The highest BCUT2D eigenvalue weighted by atomic mass is 32.2. The molecule has 0 aliphatic carbocycles. The molecule has 0 spiro atoms. The molecule has 0 aliphatic rings. The molecule has 0 atom stereocenters. The molecule has 0 saturated heterocycles. The van der Waals surface area contributed by atoms with Crippen molar-refractivity contribution in [3.8, 4) is 0 Å². The molecule has 1 heterocycles. The van der Waals surface area contributed by atoms with Crippen LogP contribution in [0.25, 0.3) is 10.9 Å². The first-order valence-corrected chi connectivity index (χ1v) is 9.26. The van der Waals surface area contributed by atoms with Crippen molar-refractivity contribution in [1.29, 1.82) is 0 Å². The van der Waals surface area contributed by atoms with E-state index >= 15 is 0 Å².